The van der Waals surface area contributed by atoms with Crippen LogP contribution in [-0.4, -0.2) is 44.5 Å². The number of aromatic nitrogens is 2. The highest BCUT2D eigenvalue weighted by molar-refractivity contribution is 5.72. The normalized spacial score (nSPS) is 8.59. The fourth-order valence-corrected chi connectivity index (χ4v) is 1.61. The third-order valence-corrected chi connectivity index (χ3v) is 3.07. The Morgan fingerprint density at radius 3 is 1.76 bits per heavy atom. The number of hydrogen-bond donors (Lipinski definition) is 1. The van der Waals surface area contributed by atoms with Crippen LogP contribution in [0.2, 0.25) is 0 Å². The Balaban J connectivity index is -0.000000367. The monoisotopic (exact) mass is 410 g/mol. The van der Waals surface area contributed by atoms with E-state index in [9.17, 15) is 9.59 Å². The number of carboxylic acid groups (broad SMARTS) is 1. The highest BCUT2D eigenvalue weighted by atomic mass is 16.6. The van der Waals surface area contributed by atoms with Gasteiger partial charge < -0.3 is 34.2 Å². The molecule has 164 valence electrons. The van der Waals surface area contributed by atoms with Gasteiger partial charge in [0, 0.05) is 39.3 Å². The van der Waals surface area contributed by atoms with Crippen LogP contribution in [0.25, 0.3) is 0 Å². The van der Waals surface area contributed by atoms with Crippen LogP contribution in [0.1, 0.15) is 5.69 Å². The Labute approximate surface area is 174 Å². The van der Waals surface area contributed by atoms with Gasteiger partial charge >= 0.3 is 17.8 Å². The number of esters is 1. The van der Waals surface area contributed by atoms with Gasteiger partial charge in [-0.2, -0.15) is 4.57 Å². The Hall–Kier alpha value is -2.84. The SMILES string of the molecule is COCC(=O)O.COCC(=O)Oc1cccc[n+]1C.Cc1cccc[n+]1C.[CH3-].[CH3-]. The Morgan fingerprint density at radius 1 is 0.897 bits per heavy atom. The molecule has 0 saturated heterocycles. The smallest absolute Gasteiger partial charge is 0.375 e. The molecule has 2 aromatic heterocycles. The van der Waals surface area contributed by atoms with Crippen molar-refractivity contribution in [1.29, 1.82) is 0 Å². The van der Waals surface area contributed by atoms with E-state index in [1.165, 1.54) is 19.9 Å². The first kappa shape index (κ1) is 30.9. The van der Waals surface area contributed by atoms with Crippen molar-refractivity contribution in [2.24, 2.45) is 14.1 Å². The van der Waals surface area contributed by atoms with Gasteiger partial charge in [0.05, 0.1) is 6.07 Å². The molecule has 2 aromatic rings. The molecule has 0 aromatic carbocycles. The average molecular weight is 411 g/mol. The molecule has 0 amide bonds. The average Bonchev–Trinajstić information content (AvgIpc) is 2.61. The lowest BCUT2D eigenvalue weighted by molar-refractivity contribution is -0.677. The van der Waals surface area contributed by atoms with E-state index in [1.54, 1.807) is 29.9 Å². The summed E-state index contributed by atoms with van der Waals surface area (Å²) in [6.07, 6.45) is 3.84. The third kappa shape index (κ3) is 15.9. The third-order valence-electron chi connectivity index (χ3n) is 3.07. The predicted octanol–water partition coefficient (Wildman–Crippen LogP) is 1.50. The summed E-state index contributed by atoms with van der Waals surface area (Å²) >= 11 is 0. The van der Waals surface area contributed by atoms with Gasteiger partial charge in [-0.3, -0.25) is 0 Å². The fraction of sp³-hybridized carbons (Fsp3) is 0.333. The number of methoxy groups -OCH3 is 2. The molecule has 0 aliphatic carbocycles. The number of ether oxygens (including phenoxy) is 3. The first-order valence-electron chi connectivity index (χ1n) is 8.08. The maximum atomic E-state index is 11.0. The van der Waals surface area contributed by atoms with Gasteiger partial charge in [0.1, 0.15) is 27.3 Å². The van der Waals surface area contributed by atoms with Gasteiger partial charge in [-0.1, -0.05) is 6.07 Å². The van der Waals surface area contributed by atoms with Crippen LogP contribution in [0, 0.1) is 21.8 Å². The lowest BCUT2D eigenvalue weighted by Crippen LogP contribution is -2.32. The fourth-order valence-electron chi connectivity index (χ4n) is 1.61. The van der Waals surface area contributed by atoms with Crippen LogP contribution in [0.15, 0.2) is 48.8 Å². The van der Waals surface area contributed by atoms with Crippen molar-refractivity contribution in [2.75, 3.05) is 27.4 Å². The van der Waals surface area contributed by atoms with E-state index in [1.807, 2.05) is 31.4 Å². The number of pyridine rings is 2. The topological polar surface area (TPSA) is 89.8 Å². The molecule has 8 nitrogen and oxygen atoms in total. The van der Waals surface area contributed by atoms with Crippen molar-refractivity contribution in [1.82, 2.24) is 0 Å². The number of aliphatic carboxylic acids is 1. The first-order chi connectivity index (χ1) is 12.8. The maximum absolute atomic E-state index is 11.0. The van der Waals surface area contributed by atoms with Crippen molar-refractivity contribution < 1.29 is 38.0 Å². The molecule has 0 bridgehead atoms. The largest absolute Gasteiger partial charge is 0.480 e. The predicted molar refractivity (Wildman–Crippen MR) is 110 cm³/mol. The van der Waals surface area contributed by atoms with Gasteiger partial charge in [0.25, 0.3) is 0 Å². The van der Waals surface area contributed by atoms with E-state index in [0.29, 0.717) is 5.88 Å². The number of carbonyl (C=O) groups is 2. The maximum Gasteiger partial charge on any atom is 0.375 e. The summed E-state index contributed by atoms with van der Waals surface area (Å²) in [6.45, 7) is 1.84. The van der Waals surface area contributed by atoms with Crippen LogP contribution in [0.5, 0.6) is 5.88 Å². The zero-order valence-corrected chi connectivity index (χ0v) is 18.4. The van der Waals surface area contributed by atoms with E-state index in [-0.39, 0.29) is 28.1 Å². The summed E-state index contributed by atoms with van der Waals surface area (Å²) in [6, 6.07) is 11.5. The van der Waals surface area contributed by atoms with Crippen molar-refractivity contribution >= 4 is 11.9 Å². The van der Waals surface area contributed by atoms with Crippen LogP contribution < -0.4 is 13.9 Å². The van der Waals surface area contributed by atoms with Crippen LogP contribution in [-0.2, 0) is 33.2 Å². The number of hydrogen-bond acceptors (Lipinski definition) is 5. The highest BCUT2D eigenvalue weighted by Gasteiger charge is 2.11. The second kappa shape index (κ2) is 18.5. The molecule has 0 atom stereocenters. The summed E-state index contributed by atoms with van der Waals surface area (Å²) in [7, 11) is 6.63. The van der Waals surface area contributed by atoms with Gasteiger partial charge in [-0.15, -0.1) is 0 Å². The summed E-state index contributed by atoms with van der Waals surface area (Å²) in [5, 5.41) is 7.79. The molecule has 0 radical (unpaired) electrons. The number of aryl methyl sites for hydroxylation is 3. The van der Waals surface area contributed by atoms with Crippen molar-refractivity contribution in [2.45, 2.75) is 6.92 Å². The molecule has 0 fully saturated rings. The molecule has 8 heteroatoms. The molecule has 0 saturated carbocycles. The minimum atomic E-state index is -0.933. The molecule has 0 aliphatic heterocycles. The van der Waals surface area contributed by atoms with Gasteiger partial charge in [0.15, 0.2) is 18.1 Å². The molecule has 2 heterocycles. The zero-order chi connectivity index (χ0) is 20.7. The Bertz CT molecular complexity index is 686. The van der Waals surface area contributed by atoms with E-state index in [2.05, 4.69) is 27.0 Å². The van der Waals surface area contributed by atoms with E-state index in [0.717, 1.165) is 0 Å². The van der Waals surface area contributed by atoms with Crippen molar-refractivity contribution in [3.05, 3.63) is 69.3 Å². The Kier molecular flexibility index (Phi) is 19.7. The van der Waals surface area contributed by atoms with E-state index < -0.39 is 11.9 Å². The molecule has 0 aliphatic rings. The molecule has 0 spiro atoms. The summed E-state index contributed by atoms with van der Waals surface area (Å²) in [5.74, 6) is -0.827. The highest BCUT2D eigenvalue weighted by Crippen LogP contribution is 2.00. The zero-order valence-electron chi connectivity index (χ0n) is 18.4. The minimum absolute atomic E-state index is 0. The van der Waals surface area contributed by atoms with E-state index >= 15 is 0 Å². The van der Waals surface area contributed by atoms with Crippen LogP contribution in [0.3, 0.4) is 0 Å². The number of nitrogens with zero attached hydrogens (tertiary/aromatic N) is 2. The lowest BCUT2D eigenvalue weighted by Gasteiger charge is -1.99. The second-order valence-corrected chi connectivity index (χ2v) is 5.34. The van der Waals surface area contributed by atoms with Gasteiger partial charge in [0.2, 0.25) is 0 Å². The number of rotatable bonds is 5. The molecule has 1 N–H and O–H groups in total. The minimum Gasteiger partial charge on any atom is -0.480 e. The number of carboxylic acids is 1. The molecular weight excluding hydrogens is 376 g/mol. The van der Waals surface area contributed by atoms with Gasteiger partial charge in [-0.05, 0) is 6.07 Å². The summed E-state index contributed by atoms with van der Waals surface area (Å²) < 4.78 is 17.6. The summed E-state index contributed by atoms with van der Waals surface area (Å²) in [5.41, 5.74) is 1.28. The standard InChI is InChI=1S/C9H12NO3.C7H10N.C3H6O3.2CH3/c1-10-6-4-3-5-8(10)13-9(11)7-12-2;1-7-5-3-4-6-8(7)2;1-6-2-3(4)5;;/h3-6H,7H2,1-2H3;3-6H,1-2H3;2H2,1H3,(H,4,5);2*1H3/q2*+1;;2*-1. The summed E-state index contributed by atoms with van der Waals surface area (Å²) in [4.78, 5) is 20.5. The van der Waals surface area contributed by atoms with E-state index in [4.69, 9.17) is 9.84 Å². The second-order valence-electron chi connectivity index (χ2n) is 5.34. The van der Waals surface area contributed by atoms with Gasteiger partial charge in [-0.25, -0.2) is 14.2 Å². The molecule has 0 unspecified atom stereocenters. The number of carbonyl (C=O) groups excluding carboxylic acids is 1. The van der Waals surface area contributed by atoms with Crippen LogP contribution >= 0.6 is 0 Å². The van der Waals surface area contributed by atoms with Crippen molar-refractivity contribution in [3.63, 3.8) is 0 Å². The quantitative estimate of drug-likeness (QED) is 0.456. The van der Waals surface area contributed by atoms with Crippen LogP contribution in [0.4, 0.5) is 0 Å². The lowest BCUT2D eigenvalue weighted by atomic mass is 10.4. The van der Waals surface area contributed by atoms with Crippen molar-refractivity contribution in [3.8, 4) is 5.88 Å². The molecule has 2 rings (SSSR count). The molecule has 29 heavy (non-hydrogen) atoms. The first-order valence-corrected chi connectivity index (χ1v) is 8.08. The molecular formula is C21H34N2O6. The Morgan fingerprint density at radius 2 is 1.41 bits per heavy atom.